The number of fused-ring (bicyclic) bond motifs is 1. The van der Waals surface area contributed by atoms with Crippen LogP contribution in [0.4, 0.5) is 0 Å². The van der Waals surface area contributed by atoms with E-state index in [4.69, 9.17) is 18.9 Å². The number of carbonyl (C=O) groups is 3. The minimum Gasteiger partial charge on any atom is -0.496 e. The van der Waals surface area contributed by atoms with Crippen LogP contribution < -0.4 is 4.74 Å². The second kappa shape index (κ2) is 20.5. The Balaban J connectivity index is 1.48. The summed E-state index contributed by atoms with van der Waals surface area (Å²) in [5.41, 5.74) is 1.57. The molecule has 0 saturated heterocycles. The maximum atomic E-state index is 12.8. The first-order valence-corrected chi connectivity index (χ1v) is 17.4. The van der Waals surface area contributed by atoms with E-state index in [1.165, 1.54) is 31.4 Å². The SMILES string of the molecule is CC[C@H](C)C(=O)O[C@H]1C[C@H](O)C=C2C=C[C@H](C)[C@H](CCC(O)C[C@H](O)COC(=O)c3ccc(C=CC(=O)OCCCCO[N+](=O)[O-])cc3OC)[C@H]21. The van der Waals surface area contributed by atoms with Gasteiger partial charge in [-0.2, -0.15) is 0 Å². The fourth-order valence-electron chi connectivity index (χ4n) is 6.26. The van der Waals surface area contributed by atoms with E-state index < -0.39 is 41.4 Å². The van der Waals surface area contributed by atoms with Crippen molar-refractivity contribution in [2.75, 3.05) is 26.9 Å². The van der Waals surface area contributed by atoms with Gasteiger partial charge in [0.15, 0.2) is 0 Å². The number of unbranched alkanes of at least 4 members (excludes halogenated alkanes) is 1. The normalized spacial score (nSPS) is 23.0. The van der Waals surface area contributed by atoms with E-state index in [2.05, 4.69) is 17.8 Å². The Hall–Kier alpha value is -4.27. The maximum Gasteiger partial charge on any atom is 0.342 e. The van der Waals surface area contributed by atoms with Crippen LogP contribution in [0.25, 0.3) is 6.08 Å². The third-order valence-corrected chi connectivity index (χ3v) is 9.28. The van der Waals surface area contributed by atoms with Crippen molar-refractivity contribution >= 4 is 24.0 Å². The number of allylic oxidation sites excluding steroid dienone is 2. The molecule has 8 atom stereocenters. The Morgan fingerprint density at radius 3 is 2.57 bits per heavy atom. The molecule has 2 aliphatic rings. The third kappa shape index (κ3) is 13.1. The van der Waals surface area contributed by atoms with Gasteiger partial charge in [-0.3, -0.25) is 4.79 Å². The molecule has 2 aliphatic carbocycles. The van der Waals surface area contributed by atoms with Crippen molar-refractivity contribution in [3.05, 3.63) is 69.3 Å². The van der Waals surface area contributed by atoms with Crippen LogP contribution in [0.1, 0.15) is 81.6 Å². The molecule has 0 saturated carbocycles. The summed E-state index contributed by atoms with van der Waals surface area (Å²) in [7, 11) is 1.37. The van der Waals surface area contributed by atoms with E-state index in [1.54, 1.807) is 6.07 Å². The van der Waals surface area contributed by atoms with Crippen molar-refractivity contribution in [2.45, 2.75) is 90.1 Å². The summed E-state index contributed by atoms with van der Waals surface area (Å²) in [5.74, 6) is -1.65. The highest BCUT2D eigenvalue weighted by molar-refractivity contribution is 5.93. The standard InChI is InChI=1S/C37H51NO13/c1-5-23(2)36(43)51-33-21-28(40)19-26-11-8-24(3)30(35(26)33)14-12-27(39)20-29(41)22-49-37(44)31-13-9-25(18-32(31)47-4)10-15-34(42)48-16-6-7-17-50-38(45)46/h8-11,13,15,18-19,23-24,27-30,33,35,39-41H,5-7,12,14,16-17,20-22H2,1-4H3/t23-,24-,27?,28+,29-,30-,33-,35-/m0/s1. The molecule has 14 heteroatoms. The van der Waals surface area contributed by atoms with Crippen molar-refractivity contribution in [1.29, 1.82) is 0 Å². The lowest BCUT2D eigenvalue weighted by atomic mass is 9.66. The van der Waals surface area contributed by atoms with Gasteiger partial charge < -0.3 is 39.1 Å². The molecule has 282 valence electrons. The molecule has 0 fully saturated rings. The minimum absolute atomic E-state index is 0.0215. The van der Waals surface area contributed by atoms with E-state index in [0.29, 0.717) is 44.1 Å². The number of aliphatic hydroxyl groups is 3. The van der Waals surface area contributed by atoms with Gasteiger partial charge in [0.1, 0.15) is 24.0 Å². The molecule has 1 aromatic rings. The highest BCUT2D eigenvalue weighted by Crippen LogP contribution is 2.44. The molecule has 51 heavy (non-hydrogen) atoms. The molecule has 0 spiro atoms. The van der Waals surface area contributed by atoms with E-state index in [9.17, 15) is 39.8 Å². The summed E-state index contributed by atoms with van der Waals surface area (Å²) in [6.07, 6.45) is 7.98. The number of ether oxygens (including phenoxy) is 4. The first-order valence-electron chi connectivity index (χ1n) is 17.4. The van der Waals surface area contributed by atoms with E-state index >= 15 is 0 Å². The lowest BCUT2D eigenvalue weighted by Gasteiger charge is -2.43. The number of rotatable bonds is 20. The first kappa shape index (κ1) is 41.2. The zero-order valence-corrected chi connectivity index (χ0v) is 29.7. The quantitative estimate of drug-likeness (QED) is 0.0429. The van der Waals surface area contributed by atoms with Crippen LogP contribution in [0.3, 0.4) is 0 Å². The zero-order valence-electron chi connectivity index (χ0n) is 29.7. The molecule has 0 bridgehead atoms. The van der Waals surface area contributed by atoms with Crippen molar-refractivity contribution in [3.8, 4) is 5.75 Å². The molecule has 1 aromatic carbocycles. The summed E-state index contributed by atoms with van der Waals surface area (Å²) in [6.45, 7) is 5.46. The Kier molecular flexibility index (Phi) is 16.6. The summed E-state index contributed by atoms with van der Waals surface area (Å²) < 4.78 is 21.6. The summed E-state index contributed by atoms with van der Waals surface area (Å²) in [4.78, 5) is 51.8. The van der Waals surface area contributed by atoms with Gasteiger partial charge in [-0.05, 0) is 73.3 Å². The number of benzene rings is 1. The van der Waals surface area contributed by atoms with Crippen LogP contribution in [-0.4, -0.2) is 89.7 Å². The fourth-order valence-corrected chi connectivity index (χ4v) is 6.26. The van der Waals surface area contributed by atoms with Crippen molar-refractivity contribution in [1.82, 2.24) is 0 Å². The predicted octanol–water partition coefficient (Wildman–Crippen LogP) is 4.38. The van der Waals surface area contributed by atoms with Crippen molar-refractivity contribution < 1.29 is 58.6 Å². The third-order valence-electron chi connectivity index (χ3n) is 9.28. The predicted molar refractivity (Wildman–Crippen MR) is 185 cm³/mol. The Morgan fingerprint density at radius 1 is 1.12 bits per heavy atom. The van der Waals surface area contributed by atoms with Gasteiger partial charge in [0.05, 0.1) is 44.6 Å². The Morgan fingerprint density at radius 2 is 1.86 bits per heavy atom. The largest absolute Gasteiger partial charge is 0.496 e. The molecule has 0 aromatic heterocycles. The molecule has 0 aliphatic heterocycles. The van der Waals surface area contributed by atoms with Crippen LogP contribution in [0.5, 0.6) is 5.75 Å². The Labute approximate surface area is 298 Å². The Bertz CT molecular complexity index is 1420. The summed E-state index contributed by atoms with van der Waals surface area (Å²) in [6, 6.07) is 4.56. The van der Waals surface area contributed by atoms with E-state index in [-0.39, 0.29) is 67.2 Å². The van der Waals surface area contributed by atoms with Crippen molar-refractivity contribution in [3.63, 3.8) is 0 Å². The lowest BCUT2D eigenvalue weighted by Crippen LogP contribution is -2.43. The van der Waals surface area contributed by atoms with Crippen LogP contribution in [0, 0.1) is 33.8 Å². The number of carbonyl (C=O) groups excluding carboxylic acids is 3. The van der Waals surface area contributed by atoms with Gasteiger partial charge in [0.25, 0.3) is 5.09 Å². The topological polar surface area (TPSA) is 201 Å². The minimum atomic E-state index is -1.13. The molecule has 3 N–H and O–H groups in total. The number of methoxy groups -OCH3 is 1. The van der Waals surface area contributed by atoms with E-state index in [0.717, 1.165) is 5.57 Å². The van der Waals surface area contributed by atoms with E-state index in [1.807, 2.05) is 26.0 Å². The van der Waals surface area contributed by atoms with Crippen LogP contribution in [0.15, 0.2) is 48.1 Å². The molecular formula is C37H51NO13. The highest BCUT2D eigenvalue weighted by atomic mass is 16.9. The summed E-state index contributed by atoms with van der Waals surface area (Å²) >= 11 is 0. The number of hydrogen-bond acceptors (Lipinski definition) is 13. The van der Waals surface area contributed by atoms with Crippen molar-refractivity contribution in [2.24, 2.45) is 23.7 Å². The van der Waals surface area contributed by atoms with Gasteiger partial charge in [-0.15, -0.1) is 10.1 Å². The molecule has 3 rings (SSSR count). The number of aliphatic hydroxyl groups excluding tert-OH is 3. The van der Waals surface area contributed by atoms with Crippen LogP contribution >= 0.6 is 0 Å². The number of esters is 3. The van der Waals surface area contributed by atoms with Gasteiger partial charge in [0.2, 0.25) is 0 Å². The fraction of sp³-hybridized carbons (Fsp3) is 0.595. The van der Waals surface area contributed by atoms with Gasteiger partial charge >= 0.3 is 17.9 Å². The first-order chi connectivity index (χ1) is 24.3. The second-order valence-electron chi connectivity index (χ2n) is 13.1. The highest BCUT2D eigenvalue weighted by Gasteiger charge is 2.42. The molecule has 0 radical (unpaired) electrons. The van der Waals surface area contributed by atoms with Gasteiger partial charge in [0, 0.05) is 24.8 Å². The number of hydrogen-bond donors (Lipinski definition) is 3. The van der Waals surface area contributed by atoms with Gasteiger partial charge in [-0.1, -0.05) is 45.1 Å². The molecule has 0 amide bonds. The molecule has 0 heterocycles. The summed E-state index contributed by atoms with van der Waals surface area (Å²) in [5, 5.41) is 41.1. The average molecular weight is 718 g/mol. The molecular weight excluding hydrogens is 666 g/mol. The van der Waals surface area contributed by atoms with Crippen LogP contribution in [-0.2, 0) is 28.6 Å². The second-order valence-corrected chi connectivity index (χ2v) is 13.1. The lowest BCUT2D eigenvalue weighted by molar-refractivity contribution is -0.757. The zero-order chi connectivity index (χ0) is 37.5. The average Bonchev–Trinajstić information content (AvgIpc) is 3.10. The smallest absolute Gasteiger partial charge is 0.342 e. The monoisotopic (exact) mass is 717 g/mol. The number of nitrogens with zero attached hydrogens (tertiary/aromatic N) is 1. The van der Waals surface area contributed by atoms with Gasteiger partial charge in [-0.25, -0.2) is 9.59 Å². The maximum absolute atomic E-state index is 12.8. The van der Waals surface area contributed by atoms with Crippen LogP contribution in [0.2, 0.25) is 0 Å². The molecule has 1 unspecified atom stereocenters. The molecule has 14 nitrogen and oxygen atoms in total.